The summed E-state index contributed by atoms with van der Waals surface area (Å²) in [5.74, 6) is 0.858. The van der Waals surface area contributed by atoms with E-state index >= 15 is 0 Å². The lowest BCUT2D eigenvalue weighted by molar-refractivity contribution is 0.377. The third-order valence-corrected chi connectivity index (χ3v) is 5.31. The molecule has 0 saturated carbocycles. The van der Waals surface area contributed by atoms with E-state index in [0.717, 1.165) is 47.2 Å². The molecule has 0 aromatic heterocycles. The molecule has 140 valence electrons. The van der Waals surface area contributed by atoms with Crippen LogP contribution in [-0.2, 0) is 6.54 Å². The van der Waals surface area contributed by atoms with Crippen molar-refractivity contribution in [2.45, 2.75) is 31.0 Å². The second-order valence-corrected chi connectivity index (χ2v) is 7.41. The molecule has 2 aliphatic rings. The topological polar surface area (TPSA) is 84.3 Å². The average Bonchev–Trinajstić information content (AvgIpc) is 2.68. The van der Waals surface area contributed by atoms with Crippen LogP contribution in [0, 0.1) is 5.41 Å². The van der Waals surface area contributed by atoms with Gasteiger partial charge in [-0.15, -0.1) is 0 Å². The third-order valence-electron chi connectivity index (χ3n) is 5.08. The zero-order valence-corrected chi connectivity index (χ0v) is 15.7. The summed E-state index contributed by atoms with van der Waals surface area (Å²) < 4.78 is 0. The highest BCUT2D eigenvalue weighted by molar-refractivity contribution is 6.30. The molecule has 2 aromatic carbocycles. The first-order valence-corrected chi connectivity index (χ1v) is 9.50. The zero-order valence-electron chi connectivity index (χ0n) is 14.9. The maximum Gasteiger partial charge on any atom is 0.142 e. The van der Waals surface area contributed by atoms with Crippen molar-refractivity contribution < 1.29 is 0 Å². The SMILES string of the molecule is N=CC1CC2(CCN1)Nc1ccccc1N=C2NNCc1cccc(Cl)c1. The van der Waals surface area contributed by atoms with Crippen LogP contribution in [0.4, 0.5) is 11.4 Å². The normalized spacial score (nSPS) is 23.9. The van der Waals surface area contributed by atoms with E-state index in [2.05, 4.69) is 27.6 Å². The van der Waals surface area contributed by atoms with E-state index in [1.165, 1.54) is 6.21 Å². The molecule has 2 aliphatic heterocycles. The summed E-state index contributed by atoms with van der Waals surface area (Å²) in [6.45, 7) is 1.45. The van der Waals surface area contributed by atoms with Gasteiger partial charge >= 0.3 is 0 Å². The molecule has 2 heterocycles. The molecular formula is C20H23ClN6. The smallest absolute Gasteiger partial charge is 0.142 e. The molecule has 1 saturated heterocycles. The number of nitrogens with one attached hydrogen (secondary N) is 5. The number of nitrogens with zero attached hydrogens (tertiary/aromatic N) is 1. The Morgan fingerprint density at radius 3 is 3.00 bits per heavy atom. The molecule has 5 N–H and O–H groups in total. The van der Waals surface area contributed by atoms with Crippen LogP contribution in [0.1, 0.15) is 18.4 Å². The fourth-order valence-electron chi connectivity index (χ4n) is 3.71. The molecule has 1 fully saturated rings. The molecule has 2 aromatic rings. The Hall–Kier alpha value is -2.41. The Labute approximate surface area is 163 Å². The van der Waals surface area contributed by atoms with E-state index in [4.69, 9.17) is 22.0 Å². The fourth-order valence-corrected chi connectivity index (χ4v) is 3.93. The first-order chi connectivity index (χ1) is 13.2. The number of amidine groups is 1. The minimum atomic E-state index is -0.330. The summed E-state index contributed by atoms with van der Waals surface area (Å²) in [6, 6.07) is 15.9. The van der Waals surface area contributed by atoms with Crippen molar-refractivity contribution in [2.75, 3.05) is 11.9 Å². The van der Waals surface area contributed by atoms with E-state index in [9.17, 15) is 0 Å². The summed E-state index contributed by atoms with van der Waals surface area (Å²) in [7, 11) is 0. The summed E-state index contributed by atoms with van der Waals surface area (Å²) in [6.07, 6.45) is 3.12. The molecule has 27 heavy (non-hydrogen) atoms. The Bertz CT molecular complexity index is 867. The maximum atomic E-state index is 7.68. The molecule has 0 amide bonds. The second kappa shape index (κ2) is 7.68. The van der Waals surface area contributed by atoms with Crippen molar-refractivity contribution in [3.63, 3.8) is 0 Å². The van der Waals surface area contributed by atoms with Gasteiger partial charge < -0.3 is 21.5 Å². The zero-order chi connectivity index (χ0) is 18.7. The Kier molecular flexibility index (Phi) is 5.11. The summed E-state index contributed by atoms with van der Waals surface area (Å²) in [5, 5.41) is 15.5. The van der Waals surface area contributed by atoms with Crippen molar-refractivity contribution in [2.24, 2.45) is 4.99 Å². The number of benzene rings is 2. The molecule has 4 rings (SSSR count). The fraction of sp³-hybridized carbons (Fsp3) is 0.300. The molecule has 0 bridgehead atoms. The van der Waals surface area contributed by atoms with Crippen molar-refractivity contribution in [3.8, 4) is 0 Å². The van der Waals surface area contributed by atoms with Gasteiger partial charge in [0.1, 0.15) is 5.84 Å². The van der Waals surface area contributed by atoms with Crippen LogP contribution in [0.15, 0.2) is 53.5 Å². The van der Waals surface area contributed by atoms with Crippen LogP contribution in [0.25, 0.3) is 0 Å². The van der Waals surface area contributed by atoms with Gasteiger partial charge in [0.15, 0.2) is 0 Å². The number of para-hydroxylation sites is 2. The average molecular weight is 383 g/mol. The highest BCUT2D eigenvalue weighted by Gasteiger charge is 2.43. The van der Waals surface area contributed by atoms with Crippen LogP contribution >= 0.6 is 11.6 Å². The lowest BCUT2D eigenvalue weighted by atomic mass is 9.82. The Morgan fingerprint density at radius 1 is 1.26 bits per heavy atom. The second-order valence-electron chi connectivity index (χ2n) is 6.97. The lowest BCUT2D eigenvalue weighted by Crippen LogP contribution is -2.63. The molecular weight excluding hydrogens is 360 g/mol. The van der Waals surface area contributed by atoms with Gasteiger partial charge in [0.2, 0.25) is 0 Å². The molecule has 7 heteroatoms. The third kappa shape index (κ3) is 3.83. The number of halogens is 1. The van der Waals surface area contributed by atoms with Gasteiger partial charge in [0, 0.05) is 23.8 Å². The van der Waals surface area contributed by atoms with E-state index in [1.54, 1.807) is 0 Å². The monoisotopic (exact) mass is 382 g/mol. The van der Waals surface area contributed by atoms with Crippen LogP contribution in [0.5, 0.6) is 0 Å². The molecule has 6 nitrogen and oxygen atoms in total. The van der Waals surface area contributed by atoms with E-state index in [0.29, 0.717) is 6.54 Å². The number of piperidine rings is 1. The van der Waals surface area contributed by atoms with Crippen molar-refractivity contribution in [3.05, 3.63) is 59.1 Å². The molecule has 0 aliphatic carbocycles. The number of rotatable bonds is 4. The molecule has 2 unspecified atom stereocenters. The number of hydrogen-bond acceptors (Lipinski definition) is 6. The van der Waals surface area contributed by atoms with Crippen LogP contribution in [0.3, 0.4) is 0 Å². The van der Waals surface area contributed by atoms with Gasteiger partial charge in [-0.2, -0.15) is 0 Å². The summed E-state index contributed by atoms with van der Waals surface area (Å²) >= 11 is 6.07. The molecule has 0 radical (unpaired) electrons. The standard InChI is InChI=1S/C20H23ClN6/c21-15-5-3-4-14(10-15)13-24-27-19-20(8-9-23-16(11-20)12-22)26-18-7-2-1-6-17(18)25-19/h1-7,10,12,16,22-24,26H,8-9,11,13H2,(H,25,27). The van der Waals surface area contributed by atoms with E-state index in [-0.39, 0.29) is 11.6 Å². The van der Waals surface area contributed by atoms with Crippen molar-refractivity contribution in [1.29, 1.82) is 5.41 Å². The van der Waals surface area contributed by atoms with Gasteiger partial charge in [-0.05, 0) is 49.2 Å². The van der Waals surface area contributed by atoms with E-state index in [1.807, 2.05) is 42.5 Å². The van der Waals surface area contributed by atoms with Crippen LogP contribution < -0.4 is 21.5 Å². The van der Waals surface area contributed by atoms with Crippen LogP contribution in [0.2, 0.25) is 5.02 Å². The highest BCUT2D eigenvalue weighted by Crippen LogP contribution is 2.37. The van der Waals surface area contributed by atoms with Gasteiger partial charge in [0.25, 0.3) is 0 Å². The number of hydrazine groups is 1. The van der Waals surface area contributed by atoms with Gasteiger partial charge in [-0.3, -0.25) is 0 Å². The van der Waals surface area contributed by atoms with Gasteiger partial charge in [-0.1, -0.05) is 35.9 Å². The maximum absolute atomic E-state index is 7.68. The number of fused-ring (bicyclic) bond motifs is 1. The summed E-state index contributed by atoms with van der Waals surface area (Å²) in [4.78, 5) is 4.89. The number of anilines is 1. The first-order valence-electron chi connectivity index (χ1n) is 9.12. The first kappa shape index (κ1) is 18.0. The highest BCUT2D eigenvalue weighted by atomic mass is 35.5. The van der Waals surface area contributed by atoms with Crippen LogP contribution in [-0.4, -0.2) is 30.2 Å². The minimum absolute atomic E-state index is 0.0245. The largest absolute Gasteiger partial charge is 0.371 e. The lowest BCUT2D eigenvalue weighted by Gasteiger charge is -2.44. The Morgan fingerprint density at radius 2 is 2.15 bits per heavy atom. The van der Waals surface area contributed by atoms with Gasteiger partial charge in [0.05, 0.1) is 16.9 Å². The Balaban J connectivity index is 1.56. The number of hydrogen-bond donors (Lipinski definition) is 5. The number of aliphatic imine (C=N–C) groups is 1. The molecule has 2 atom stereocenters. The quantitative estimate of drug-likeness (QED) is 0.415. The van der Waals surface area contributed by atoms with Gasteiger partial charge in [-0.25, -0.2) is 10.4 Å². The predicted octanol–water partition coefficient (Wildman–Crippen LogP) is 3.23. The minimum Gasteiger partial charge on any atom is -0.371 e. The van der Waals surface area contributed by atoms with Crippen molar-refractivity contribution in [1.82, 2.24) is 16.2 Å². The van der Waals surface area contributed by atoms with Crippen molar-refractivity contribution >= 4 is 35.0 Å². The molecule has 1 spiro atoms. The predicted molar refractivity (Wildman–Crippen MR) is 111 cm³/mol. The van der Waals surface area contributed by atoms with E-state index < -0.39 is 0 Å². The summed E-state index contributed by atoms with van der Waals surface area (Å²) in [5.41, 5.74) is 9.32.